The van der Waals surface area contributed by atoms with E-state index in [2.05, 4.69) is 40.2 Å². The molecular weight excluding hydrogens is 357 g/mol. The largest absolute Gasteiger partial charge is 0.368 e. The van der Waals surface area contributed by atoms with Crippen molar-refractivity contribution in [1.29, 1.82) is 0 Å². The fourth-order valence-electron chi connectivity index (χ4n) is 4.09. The maximum Gasteiger partial charge on any atom is 0.129 e. The van der Waals surface area contributed by atoms with E-state index in [1.807, 2.05) is 0 Å². The lowest BCUT2D eigenvalue weighted by Crippen LogP contribution is -2.52. The molecule has 0 atom stereocenters. The van der Waals surface area contributed by atoms with Gasteiger partial charge in [0, 0.05) is 35.8 Å². The zero-order valence-corrected chi connectivity index (χ0v) is 17.0. The van der Waals surface area contributed by atoms with Gasteiger partial charge in [-0.2, -0.15) is 0 Å². The van der Waals surface area contributed by atoms with Crippen LogP contribution < -0.4 is 11.1 Å². The fraction of sp³-hybridized carbons (Fsp3) is 0.778. The van der Waals surface area contributed by atoms with Crippen molar-refractivity contribution in [1.82, 2.24) is 14.9 Å². The Kier molecular flexibility index (Phi) is 8.89. The summed E-state index contributed by atoms with van der Waals surface area (Å²) in [6.45, 7) is 4.31. The molecule has 1 heterocycles. The summed E-state index contributed by atoms with van der Waals surface area (Å²) in [4.78, 5) is 11.4. The van der Waals surface area contributed by atoms with Crippen molar-refractivity contribution in [2.24, 2.45) is 5.73 Å². The number of halogens is 2. The average Bonchev–Trinajstić information content (AvgIpc) is 2.57. The summed E-state index contributed by atoms with van der Waals surface area (Å²) in [5.74, 6) is 1.49. The van der Waals surface area contributed by atoms with Gasteiger partial charge in [-0.3, -0.25) is 4.90 Å². The number of hydrogen-bond acceptors (Lipinski definition) is 5. The lowest BCUT2D eigenvalue weighted by Gasteiger charge is -2.44. The highest BCUT2D eigenvalue weighted by Crippen LogP contribution is 2.36. The number of nitrogens with zero attached hydrogens (tertiary/aromatic N) is 3. The highest BCUT2D eigenvalue weighted by Gasteiger charge is 2.35. The molecule has 0 aromatic carbocycles. The van der Waals surface area contributed by atoms with Gasteiger partial charge in [-0.1, -0.05) is 26.2 Å². The molecule has 0 bridgehead atoms. The molecule has 1 aromatic rings. The number of nitrogens with two attached hydrogens (primary N) is 1. The molecule has 144 valence electrons. The van der Waals surface area contributed by atoms with Gasteiger partial charge >= 0.3 is 0 Å². The summed E-state index contributed by atoms with van der Waals surface area (Å²) in [6, 6.07) is 2.48. The third-order valence-electron chi connectivity index (χ3n) is 5.95. The monoisotopic (exact) mass is 389 g/mol. The molecule has 0 saturated heterocycles. The minimum atomic E-state index is 0. The van der Waals surface area contributed by atoms with E-state index in [9.17, 15) is 0 Å². The maximum atomic E-state index is 5.90. The van der Waals surface area contributed by atoms with Crippen LogP contribution in [0.1, 0.15) is 63.5 Å². The Bertz CT molecular complexity index is 516. The molecule has 2 aliphatic rings. The second-order valence-electron chi connectivity index (χ2n) is 7.41. The molecular formula is C18H33Cl2N5. The van der Waals surface area contributed by atoms with Gasteiger partial charge < -0.3 is 11.1 Å². The average molecular weight is 390 g/mol. The predicted octanol–water partition coefficient (Wildman–Crippen LogP) is 3.59. The molecule has 0 radical (unpaired) electrons. The summed E-state index contributed by atoms with van der Waals surface area (Å²) in [5, 5.41) is 3.60. The molecule has 7 heteroatoms. The minimum Gasteiger partial charge on any atom is -0.368 e. The van der Waals surface area contributed by atoms with Crippen molar-refractivity contribution < 1.29 is 0 Å². The van der Waals surface area contributed by atoms with Gasteiger partial charge in [-0.25, -0.2) is 9.97 Å². The Morgan fingerprint density at radius 3 is 2.48 bits per heavy atom. The van der Waals surface area contributed by atoms with E-state index >= 15 is 0 Å². The second-order valence-corrected chi connectivity index (χ2v) is 7.41. The van der Waals surface area contributed by atoms with Gasteiger partial charge in [0.2, 0.25) is 0 Å². The van der Waals surface area contributed by atoms with Gasteiger partial charge in [-0.15, -0.1) is 24.8 Å². The molecule has 3 N–H and O–H groups in total. The quantitative estimate of drug-likeness (QED) is 0.777. The Hall–Kier alpha value is -0.620. The van der Waals surface area contributed by atoms with Crippen LogP contribution in [-0.2, 0) is 0 Å². The maximum absolute atomic E-state index is 5.90. The number of anilines is 1. The van der Waals surface area contributed by atoms with E-state index in [0.717, 1.165) is 37.4 Å². The molecule has 0 aliphatic heterocycles. The first-order valence-corrected chi connectivity index (χ1v) is 9.15. The molecule has 25 heavy (non-hydrogen) atoms. The van der Waals surface area contributed by atoms with Gasteiger partial charge in [-0.05, 0) is 39.3 Å². The first-order chi connectivity index (χ1) is 11.1. The van der Waals surface area contributed by atoms with Crippen molar-refractivity contribution in [3.8, 4) is 0 Å². The number of rotatable bonds is 6. The first-order valence-electron chi connectivity index (χ1n) is 9.15. The van der Waals surface area contributed by atoms with E-state index < -0.39 is 0 Å². The number of likely N-dealkylation sites (N-methyl/N-ethyl adjacent to an activating group) is 1. The van der Waals surface area contributed by atoms with Crippen molar-refractivity contribution in [2.75, 3.05) is 25.5 Å². The van der Waals surface area contributed by atoms with E-state index in [4.69, 9.17) is 5.73 Å². The van der Waals surface area contributed by atoms with E-state index in [1.165, 1.54) is 32.1 Å². The van der Waals surface area contributed by atoms with Crippen molar-refractivity contribution in [2.45, 2.75) is 69.4 Å². The summed E-state index contributed by atoms with van der Waals surface area (Å²) in [5.41, 5.74) is 7.32. The van der Waals surface area contributed by atoms with E-state index in [1.54, 1.807) is 6.33 Å². The first kappa shape index (κ1) is 22.4. The SMILES string of the molecule is CCN(C)C1(CNc2cc(C3CC(N)C3)ncn2)CCCCC1.Cl.Cl. The third kappa shape index (κ3) is 5.19. The highest BCUT2D eigenvalue weighted by molar-refractivity contribution is 5.85. The van der Waals surface area contributed by atoms with Crippen molar-refractivity contribution >= 4 is 30.6 Å². The Balaban J connectivity index is 0.00000156. The lowest BCUT2D eigenvalue weighted by molar-refractivity contribution is 0.0922. The third-order valence-corrected chi connectivity index (χ3v) is 5.95. The predicted molar refractivity (Wildman–Crippen MR) is 109 cm³/mol. The van der Waals surface area contributed by atoms with Gasteiger partial charge in [0.25, 0.3) is 0 Å². The normalized spacial score (nSPS) is 24.6. The summed E-state index contributed by atoms with van der Waals surface area (Å²) in [6.07, 6.45) is 10.4. The molecule has 2 saturated carbocycles. The smallest absolute Gasteiger partial charge is 0.129 e. The number of hydrogen-bond donors (Lipinski definition) is 2. The Morgan fingerprint density at radius 1 is 1.20 bits per heavy atom. The molecule has 2 aliphatic carbocycles. The lowest BCUT2D eigenvalue weighted by atomic mass is 9.78. The highest BCUT2D eigenvalue weighted by atomic mass is 35.5. The van der Waals surface area contributed by atoms with E-state index in [-0.39, 0.29) is 30.4 Å². The Labute approximate surface area is 164 Å². The number of aromatic nitrogens is 2. The molecule has 0 spiro atoms. The standard InChI is InChI=1S/C18H31N5.2ClH/c1-3-23(2)18(7-5-4-6-8-18)12-20-17-11-16(21-13-22-17)14-9-15(19)10-14;;/h11,13-15H,3-10,12,19H2,1-2H3,(H,20,21,22);2*1H. The van der Waals surface area contributed by atoms with Crippen LogP contribution >= 0.6 is 24.8 Å². The molecule has 3 rings (SSSR count). The van der Waals surface area contributed by atoms with Crippen LogP contribution in [0, 0.1) is 0 Å². The van der Waals surface area contributed by atoms with Crippen LogP contribution in [0.3, 0.4) is 0 Å². The van der Waals surface area contributed by atoms with Gasteiger partial charge in [0.15, 0.2) is 0 Å². The minimum absolute atomic E-state index is 0. The van der Waals surface area contributed by atoms with Gasteiger partial charge in [0.05, 0.1) is 0 Å². The number of nitrogens with one attached hydrogen (secondary N) is 1. The molecule has 5 nitrogen and oxygen atoms in total. The van der Waals surface area contributed by atoms with Crippen molar-refractivity contribution in [3.63, 3.8) is 0 Å². The van der Waals surface area contributed by atoms with Crippen LogP contribution in [0.5, 0.6) is 0 Å². The zero-order valence-electron chi connectivity index (χ0n) is 15.4. The summed E-state index contributed by atoms with van der Waals surface area (Å²) in [7, 11) is 2.26. The molecule has 0 amide bonds. The summed E-state index contributed by atoms with van der Waals surface area (Å²) >= 11 is 0. The van der Waals surface area contributed by atoms with Crippen LogP contribution in [0.2, 0.25) is 0 Å². The van der Waals surface area contributed by atoms with Crippen molar-refractivity contribution in [3.05, 3.63) is 18.1 Å². The topological polar surface area (TPSA) is 67.1 Å². The molecule has 1 aromatic heterocycles. The second kappa shape index (κ2) is 9.91. The Morgan fingerprint density at radius 2 is 1.88 bits per heavy atom. The van der Waals surface area contributed by atoms with E-state index in [0.29, 0.717) is 12.0 Å². The van der Waals surface area contributed by atoms with Crippen LogP contribution in [0.25, 0.3) is 0 Å². The van der Waals surface area contributed by atoms with Crippen LogP contribution in [0.4, 0.5) is 5.82 Å². The summed E-state index contributed by atoms with van der Waals surface area (Å²) < 4.78 is 0. The molecule has 0 unspecified atom stereocenters. The zero-order chi connectivity index (χ0) is 16.3. The van der Waals surface area contributed by atoms with Crippen LogP contribution in [-0.4, -0.2) is 46.6 Å². The van der Waals surface area contributed by atoms with Gasteiger partial charge in [0.1, 0.15) is 12.1 Å². The fourth-order valence-corrected chi connectivity index (χ4v) is 4.09. The molecule has 2 fully saturated rings. The van der Waals surface area contributed by atoms with Crippen LogP contribution in [0.15, 0.2) is 12.4 Å².